The fourth-order valence-corrected chi connectivity index (χ4v) is 2.95. The maximum absolute atomic E-state index is 6.45. The average Bonchev–Trinajstić information content (AvgIpc) is 2.87. The molecule has 0 bridgehead atoms. The zero-order valence-corrected chi connectivity index (χ0v) is 12.1. The summed E-state index contributed by atoms with van der Waals surface area (Å²) in [4.78, 5) is 4.48. The summed E-state index contributed by atoms with van der Waals surface area (Å²) < 4.78 is 5.28. The molecule has 1 aliphatic rings. The monoisotopic (exact) mass is 269 g/mol. The van der Waals surface area contributed by atoms with Crippen LogP contribution in [0.3, 0.4) is 0 Å². The number of aromatic nitrogens is 2. The quantitative estimate of drug-likeness (QED) is 0.890. The summed E-state index contributed by atoms with van der Waals surface area (Å²) in [5, 5.41) is 4.10. The number of aryl methyl sites for hydroxylation is 1. The van der Waals surface area contributed by atoms with E-state index in [0.717, 1.165) is 36.8 Å². The van der Waals surface area contributed by atoms with Crippen LogP contribution >= 0.6 is 11.8 Å². The second-order valence-corrected chi connectivity index (χ2v) is 6.25. The molecule has 0 aliphatic heterocycles. The Hall–Kier alpha value is -0.550. The number of thioether (sulfide) groups is 1. The van der Waals surface area contributed by atoms with Crippen LogP contribution in [-0.4, -0.2) is 22.1 Å². The molecular formula is C13H23N3OS. The second kappa shape index (κ2) is 6.06. The highest BCUT2D eigenvalue weighted by molar-refractivity contribution is 7.98. The number of rotatable bonds is 5. The minimum absolute atomic E-state index is 0.354. The molecule has 4 nitrogen and oxygen atoms in total. The Morgan fingerprint density at radius 1 is 1.44 bits per heavy atom. The summed E-state index contributed by atoms with van der Waals surface area (Å²) in [6, 6.07) is 0. The highest BCUT2D eigenvalue weighted by Crippen LogP contribution is 2.37. The highest BCUT2D eigenvalue weighted by atomic mass is 32.2. The van der Waals surface area contributed by atoms with Gasteiger partial charge in [0.1, 0.15) is 0 Å². The van der Waals surface area contributed by atoms with E-state index in [-0.39, 0.29) is 5.54 Å². The molecule has 0 atom stereocenters. The summed E-state index contributed by atoms with van der Waals surface area (Å²) in [6.07, 6.45) is 8.49. The number of hydrogen-bond donors (Lipinski definition) is 1. The highest BCUT2D eigenvalue weighted by Gasteiger charge is 2.36. The maximum Gasteiger partial charge on any atom is 0.227 e. The van der Waals surface area contributed by atoms with Crippen molar-refractivity contribution in [2.75, 3.05) is 12.0 Å². The van der Waals surface area contributed by atoms with Crippen molar-refractivity contribution in [1.82, 2.24) is 10.1 Å². The van der Waals surface area contributed by atoms with Crippen LogP contribution in [0.15, 0.2) is 4.52 Å². The van der Waals surface area contributed by atoms with Gasteiger partial charge < -0.3 is 10.3 Å². The Labute approximate surface area is 113 Å². The fraction of sp³-hybridized carbons (Fsp3) is 0.846. The van der Waals surface area contributed by atoms with Crippen LogP contribution in [0.1, 0.15) is 50.7 Å². The van der Waals surface area contributed by atoms with Crippen LogP contribution in [0.5, 0.6) is 0 Å². The third kappa shape index (κ3) is 3.06. The van der Waals surface area contributed by atoms with Crippen molar-refractivity contribution in [2.24, 2.45) is 11.7 Å². The second-order valence-electron chi connectivity index (χ2n) is 5.26. The van der Waals surface area contributed by atoms with Gasteiger partial charge in [0.05, 0.1) is 5.54 Å². The zero-order valence-electron chi connectivity index (χ0n) is 11.3. The van der Waals surface area contributed by atoms with Crippen molar-refractivity contribution >= 4 is 11.8 Å². The summed E-state index contributed by atoms with van der Waals surface area (Å²) >= 11 is 1.78. The minimum atomic E-state index is -0.354. The third-order valence-electron chi connectivity index (χ3n) is 4.01. The predicted octanol–water partition coefficient (Wildman–Crippen LogP) is 2.73. The Balaban J connectivity index is 1.99. The van der Waals surface area contributed by atoms with Crippen LogP contribution in [-0.2, 0) is 12.0 Å². The van der Waals surface area contributed by atoms with E-state index in [1.54, 1.807) is 11.8 Å². The van der Waals surface area contributed by atoms with Crippen molar-refractivity contribution in [3.05, 3.63) is 11.7 Å². The van der Waals surface area contributed by atoms with Gasteiger partial charge in [-0.15, -0.1) is 0 Å². The van der Waals surface area contributed by atoms with E-state index < -0.39 is 0 Å². The van der Waals surface area contributed by atoms with E-state index in [9.17, 15) is 0 Å². The molecule has 0 amide bonds. The minimum Gasteiger partial charge on any atom is -0.339 e. The number of nitrogens with zero attached hydrogens (tertiary/aromatic N) is 2. The Kier molecular flexibility index (Phi) is 4.67. The van der Waals surface area contributed by atoms with Crippen molar-refractivity contribution in [2.45, 2.75) is 51.0 Å². The van der Waals surface area contributed by atoms with E-state index in [1.807, 2.05) is 0 Å². The van der Waals surface area contributed by atoms with Crippen molar-refractivity contribution in [3.63, 3.8) is 0 Å². The molecule has 0 spiro atoms. The number of nitrogens with two attached hydrogens (primary N) is 1. The largest absolute Gasteiger partial charge is 0.339 e. The van der Waals surface area contributed by atoms with Crippen molar-refractivity contribution in [1.29, 1.82) is 0 Å². The molecule has 0 radical (unpaired) electrons. The molecular weight excluding hydrogens is 246 g/mol. The van der Waals surface area contributed by atoms with Crippen LogP contribution < -0.4 is 5.73 Å². The maximum atomic E-state index is 6.45. The molecule has 5 heteroatoms. The lowest BCUT2D eigenvalue weighted by molar-refractivity contribution is 0.216. The average molecular weight is 269 g/mol. The van der Waals surface area contributed by atoms with E-state index >= 15 is 0 Å². The van der Waals surface area contributed by atoms with Gasteiger partial charge in [-0.3, -0.25) is 0 Å². The molecule has 18 heavy (non-hydrogen) atoms. The first-order valence-corrected chi connectivity index (χ1v) is 8.18. The number of hydrogen-bond acceptors (Lipinski definition) is 5. The van der Waals surface area contributed by atoms with E-state index in [0.29, 0.717) is 5.82 Å². The summed E-state index contributed by atoms with van der Waals surface area (Å²) in [5.41, 5.74) is 6.09. The lowest BCUT2D eigenvalue weighted by Gasteiger charge is -2.34. The van der Waals surface area contributed by atoms with E-state index in [1.165, 1.54) is 19.3 Å². The first-order valence-electron chi connectivity index (χ1n) is 6.79. The zero-order chi connectivity index (χ0) is 13.0. The molecule has 1 aliphatic carbocycles. The molecule has 0 unspecified atom stereocenters. The smallest absolute Gasteiger partial charge is 0.227 e. The molecule has 102 valence electrons. The van der Waals surface area contributed by atoms with Gasteiger partial charge in [-0.2, -0.15) is 16.7 Å². The van der Waals surface area contributed by atoms with Gasteiger partial charge in [0, 0.05) is 12.2 Å². The standard InChI is InChI=1S/C13H23N3OS/c1-3-10-4-7-13(14,8-5-10)12-15-11(17-16-12)6-9-18-2/h10H,3-9,14H2,1-2H3. The fourth-order valence-electron chi connectivity index (χ4n) is 2.57. The molecule has 0 saturated heterocycles. The van der Waals surface area contributed by atoms with Crippen LogP contribution in [0.4, 0.5) is 0 Å². The van der Waals surface area contributed by atoms with Gasteiger partial charge in [-0.05, 0) is 37.9 Å². The lowest BCUT2D eigenvalue weighted by Crippen LogP contribution is -2.41. The van der Waals surface area contributed by atoms with Gasteiger partial charge >= 0.3 is 0 Å². The first-order chi connectivity index (χ1) is 8.68. The van der Waals surface area contributed by atoms with Crippen LogP contribution in [0, 0.1) is 5.92 Å². The van der Waals surface area contributed by atoms with Gasteiger partial charge in [0.25, 0.3) is 0 Å². The molecule has 1 aromatic heterocycles. The van der Waals surface area contributed by atoms with Crippen LogP contribution in [0.25, 0.3) is 0 Å². The molecule has 1 heterocycles. The molecule has 1 fully saturated rings. The lowest BCUT2D eigenvalue weighted by atomic mass is 9.76. The Bertz CT molecular complexity index is 372. The van der Waals surface area contributed by atoms with Crippen molar-refractivity contribution < 1.29 is 4.52 Å². The van der Waals surface area contributed by atoms with Crippen LogP contribution in [0.2, 0.25) is 0 Å². The van der Waals surface area contributed by atoms with Gasteiger partial charge in [0.2, 0.25) is 5.89 Å². The molecule has 2 N–H and O–H groups in total. The van der Waals surface area contributed by atoms with Gasteiger partial charge in [-0.1, -0.05) is 18.5 Å². The predicted molar refractivity (Wildman–Crippen MR) is 74.5 cm³/mol. The summed E-state index contributed by atoms with van der Waals surface area (Å²) in [6.45, 7) is 2.25. The molecule has 0 aromatic carbocycles. The van der Waals surface area contributed by atoms with E-state index in [2.05, 4.69) is 23.3 Å². The normalized spacial score (nSPS) is 28.5. The Morgan fingerprint density at radius 2 is 2.17 bits per heavy atom. The van der Waals surface area contributed by atoms with E-state index in [4.69, 9.17) is 10.3 Å². The molecule has 1 aromatic rings. The first kappa shape index (κ1) is 13.9. The molecule has 2 rings (SSSR count). The topological polar surface area (TPSA) is 64.9 Å². The SMILES string of the molecule is CCC1CCC(N)(c2noc(CCSC)n2)CC1. The van der Waals surface area contributed by atoms with Crippen molar-refractivity contribution in [3.8, 4) is 0 Å². The summed E-state index contributed by atoms with van der Waals surface area (Å²) in [5.74, 6) is 3.27. The summed E-state index contributed by atoms with van der Waals surface area (Å²) in [7, 11) is 0. The van der Waals surface area contributed by atoms with Gasteiger partial charge in [0.15, 0.2) is 5.82 Å². The third-order valence-corrected chi connectivity index (χ3v) is 4.62. The Morgan fingerprint density at radius 3 is 2.78 bits per heavy atom. The molecule has 1 saturated carbocycles. The van der Waals surface area contributed by atoms with Gasteiger partial charge in [-0.25, -0.2) is 0 Å².